The van der Waals surface area contributed by atoms with Gasteiger partial charge in [-0.15, -0.1) is 0 Å². The second-order valence-corrected chi connectivity index (χ2v) is 7.39. The number of nitrogen functional groups attached to an aromatic ring is 1. The Morgan fingerprint density at radius 3 is 3.00 bits per heavy atom. The molecule has 0 radical (unpaired) electrons. The van der Waals surface area contributed by atoms with E-state index in [9.17, 15) is 5.26 Å². The molecule has 1 fully saturated rings. The molecule has 1 aromatic carbocycles. The summed E-state index contributed by atoms with van der Waals surface area (Å²) in [6, 6.07) is 11.1. The Morgan fingerprint density at radius 1 is 1.33 bits per heavy atom. The first-order chi connectivity index (χ1) is 13.2. The Balaban J connectivity index is 1.86. The second kappa shape index (κ2) is 5.93. The summed E-state index contributed by atoms with van der Waals surface area (Å²) >= 11 is 0. The smallest absolute Gasteiger partial charge is 0.142 e. The highest BCUT2D eigenvalue weighted by atomic mass is 15.3. The van der Waals surface area contributed by atoms with Crippen LogP contribution < -0.4 is 11.1 Å². The highest BCUT2D eigenvalue weighted by molar-refractivity contribution is 5.85. The van der Waals surface area contributed by atoms with Gasteiger partial charge in [0, 0.05) is 53.3 Å². The number of pyridine rings is 1. The summed E-state index contributed by atoms with van der Waals surface area (Å²) in [4.78, 5) is 4.62. The Morgan fingerprint density at radius 2 is 2.22 bits per heavy atom. The third-order valence-corrected chi connectivity index (χ3v) is 5.66. The van der Waals surface area contributed by atoms with Crippen molar-refractivity contribution in [2.24, 2.45) is 0 Å². The third-order valence-electron chi connectivity index (χ3n) is 5.66. The molecule has 2 bridgehead atoms. The van der Waals surface area contributed by atoms with E-state index in [0.29, 0.717) is 17.4 Å². The first kappa shape index (κ1) is 16.0. The van der Waals surface area contributed by atoms with Crippen molar-refractivity contribution in [2.45, 2.75) is 38.3 Å². The van der Waals surface area contributed by atoms with Gasteiger partial charge in [-0.1, -0.05) is 11.6 Å². The summed E-state index contributed by atoms with van der Waals surface area (Å²) in [6.45, 7) is 2.06. The zero-order valence-corrected chi connectivity index (χ0v) is 15.1. The normalized spacial score (nSPS) is 20.3. The zero-order chi connectivity index (χ0) is 18.5. The summed E-state index contributed by atoms with van der Waals surface area (Å²) in [6.07, 6.45) is 6.72. The molecular formula is C21H20N6. The standard InChI is InChI=1S/C21H20N6/c1-12-3-6-18(27-8-2-7-24-27)14(9-12)19-15(11-22)21(23)26-17-10-13-4-5-16(25-13)20(17)19/h2-3,6-9,13,16,25H,4-5,10H2,1H3,(H2,23,26)/t13-,16+/m1/s1. The van der Waals surface area contributed by atoms with Crippen LogP contribution in [0.15, 0.2) is 36.7 Å². The topological polar surface area (TPSA) is 92.5 Å². The summed E-state index contributed by atoms with van der Waals surface area (Å²) in [5.41, 5.74) is 12.8. The van der Waals surface area contributed by atoms with Crippen molar-refractivity contribution in [3.05, 3.63) is 59.0 Å². The Kier molecular flexibility index (Phi) is 3.52. The van der Waals surface area contributed by atoms with Crippen LogP contribution in [0.2, 0.25) is 0 Å². The van der Waals surface area contributed by atoms with Crippen molar-refractivity contribution in [1.29, 1.82) is 5.26 Å². The van der Waals surface area contributed by atoms with Gasteiger partial charge in [0.2, 0.25) is 0 Å². The minimum Gasteiger partial charge on any atom is -0.383 e. The van der Waals surface area contributed by atoms with E-state index in [4.69, 9.17) is 5.73 Å². The highest BCUT2D eigenvalue weighted by Crippen LogP contribution is 2.44. The van der Waals surface area contributed by atoms with E-state index < -0.39 is 0 Å². The lowest BCUT2D eigenvalue weighted by atomic mass is 9.86. The van der Waals surface area contributed by atoms with Crippen molar-refractivity contribution in [2.75, 3.05) is 5.73 Å². The number of hydrogen-bond donors (Lipinski definition) is 2. The van der Waals surface area contributed by atoms with Gasteiger partial charge < -0.3 is 11.1 Å². The fourth-order valence-corrected chi connectivity index (χ4v) is 4.49. The second-order valence-electron chi connectivity index (χ2n) is 7.39. The zero-order valence-electron chi connectivity index (χ0n) is 15.1. The molecule has 0 saturated carbocycles. The van der Waals surface area contributed by atoms with Gasteiger partial charge in [-0.3, -0.25) is 0 Å². The molecule has 5 rings (SSSR count). The molecule has 134 valence electrons. The molecule has 6 heteroatoms. The molecule has 3 aromatic rings. The molecule has 1 saturated heterocycles. The summed E-state index contributed by atoms with van der Waals surface area (Å²) in [5, 5.41) is 18.0. The molecule has 0 spiro atoms. The minimum atomic E-state index is 0.222. The molecule has 0 unspecified atom stereocenters. The molecule has 2 aliphatic rings. The fraction of sp³-hybridized carbons (Fsp3) is 0.286. The predicted molar refractivity (Wildman–Crippen MR) is 103 cm³/mol. The Labute approximate surface area is 157 Å². The molecule has 6 nitrogen and oxygen atoms in total. The number of aryl methyl sites for hydroxylation is 1. The van der Waals surface area contributed by atoms with Crippen LogP contribution in [0.5, 0.6) is 0 Å². The summed E-state index contributed by atoms with van der Waals surface area (Å²) < 4.78 is 1.84. The number of fused-ring (bicyclic) bond motifs is 4. The largest absolute Gasteiger partial charge is 0.383 e. The summed E-state index contributed by atoms with van der Waals surface area (Å²) in [5.74, 6) is 0.320. The van der Waals surface area contributed by atoms with Crippen molar-refractivity contribution >= 4 is 5.82 Å². The lowest BCUT2D eigenvalue weighted by Gasteiger charge is -2.28. The third kappa shape index (κ3) is 2.43. The van der Waals surface area contributed by atoms with Crippen LogP contribution in [0.4, 0.5) is 5.82 Å². The fourth-order valence-electron chi connectivity index (χ4n) is 4.49. The lowest BCUT2D eigenvalue weighted by Crippen LogP contribution is -2.33. The monoisotopic (exact) mass is 356 g/mol. The van der Waals surface area contributed by atoms with Gasteiger partial charge in [0.05, 0.1) is 5.69 Å². The molecule has 27 heavy (non-hydrogen) atoms. The number of nitriles is 1. The number of benzene rings is 1. The SMILES string of the molecule is Cc1ccc(-n2cccn2)c(-c2c(C#N)c(N)nc3c2[C@@H]2CC[C@H](C3)N2)c1. The molecule has 2 aromatic heterocycles. The van der Waals surface area contributed by atoms with Crippen molar-refractivity contribution in [3.8, 4) is 22.9 Å². The van der Waals surface area contributed by atoms with Crippen LogP contribution in [0, 0.1) is 18.3 Å². The highest BCUT2D eigenvalue weighted by Gasteiger charge is 2.37. The first-order valence-electron chi connectivity index (χ1n) is 9.25. The van der Waals surface area contributed by atoms with Crippen LogP contribution in [0.25, 0.3) is 16.8 Å². The van der Waals surface area contributed by atoms with Gasteiger partial charge in [0.15, 0.2) is 0 Å². The number of nitrogens with zero attached hydrogens (tertiary/aromatic N) is 4. The van der Waals surface area contributed by atoms with Gasteiger partial charge in [0.1, 0.15) is 17.5 Å². The molecular weight excluding hydrogens is 336 g/mol. The number of hydrogen-bond acceptors (Lipinski definition) is 5. The maximum Gasteiger partial charge on any atom is 0.142 e. The lowest BCUT2D eigenvalue weighted by molar-refractivity contribution is 0.508. The van der Waals surface area contributed by atoms with Crippen molar-refractivity contribution < 1.29 is 0 Å². The van der Waals surface area contributed by atoms with Crippen molar-refractivity contribution in [3.63, 3.8) is 0 Å². The van der Waals surface area contributed by atoms with E-state index in [-0.39, 0.29) is 6.04 Å². The molecule has 0 amide bonds. The van der Waals surface area contributed by atoms with E-state index in [1.807, 2.05) is 16.9 Å². The van der Waals surface area contributed by atoms with Crippen LogP contribution >= 0.6 is 0 Å². The Hall–Kier alpha value is -3.17. The molecule has 3 N–H and O–H groups in total. The quantitative estimate of drug-likeness (QED) is 0.736. The van der Waals surface area contributed by atoms with Gasteiger partial charge in [-0.05, 0) is 38.0 Å². The number of aromatic nitrogens is 3. The molecule has 2 aliphatic heterocycles. The van der Waals surface area contributed by atoms with Gasteiger partial charge >= 0.3 is 0 Å². The number of rotatable bonds is 2. The van der Waals surface area contributed by atoms with E-state index in [0.717, 1.165) is 52.9 Å². The van der Waals surface area contributed by atoms with Crippen LogP contribution in [0.1, 0.15) is 41.3 Å². The summed E-state index contributed by atoms with van der Waals surface area (Å²) in [7, 11) is 0. The van der Waals surface area contributed by atoms with Gasteiger partial charge in [-0.2, -0.15) is 10.4 Å². The molecule has 0 aliphatic carbocycles. The molecule has 4 heterocycles. The minimum absolute atomic E-state index is 0.222. The maximum atomic E-state index is 9.91. The molecule has 2 atom stereocenters. The number of anilines is 1. The Bertz CT molecular complexity index is 1080. The van der Waals surface area contributed by atoms with Gasteiger partial charge in [0.25, 0.3) is 0 Å². The maximum absolute atomic E-state index is 9.91. The van der Waals surface area contributed by atoms with E-state index >= 15 is 0 Å². The van der Waals surface area contributed by atoms with Crippen LogP contribution in [0.3, 0.4) is 0 Å². The average molecular weight is 356 g/mol. The van der Waals surface area contributed by atoms with Gasteiger partial charge in [-0.25, -0.2) is 9.67 Å². The average Bonchev–Trinajstić information content (AvgIpc) is 3.31. The number of nitrogens with two attached hydrogens (primary N) is 1. The van der Waals surface area contributed by atoms with E-state index in [1.165, 1.54) is 0 Å². The van der Waals surface area contributed by atoms with Crippen molar-refractivity contribution in [1.82, 2.24) is 20.1 Å². The first-order valence-corrected chi connectivity index (χ1v) is 9.25. The van der Waals surface area contributed by atoms with E-state index in [1.54, 1.807) is 6.20 Å². The van der Waals surface area contributed by atoms with Crippen LogP contribution in [-0.4, -0.2) is 20.8 Å². The predicted octanol–water partition coefficient (Wildman–Crippen LogP) is 3.05. The van der Waals surface area contributed by atoms with Crippen LogP contribution in [-0.2, 0) is 6.42 Å². The number of nitrogens with one attached hydrogen (secondary N) is 1. The van der Waals surface area contributed by atoms with E-state index in [2.05, 4.69) is 46.6 Å².